The van der Waals surface area contributed by atoms with E-state index < -0.39 is 0 Å². The highest BCUT2D eigenvalue weighted by Crippen LogP contribution is 2.38. The molecule has 3 rings (SSSR count). The molecule has 6 nitrogen and oxygen atoms in total. The number of benzene rings is 1. The van der Waals surface area contributed by atoms with Gasteiger partial charge in [0.2, 0.25) is 0 Å². The van der Waals surface area contributed by atoms with E-state index in [0.29, 0.717) is 11.6 Å². The lowest BCUT2D eigenvalue weighted by Gasteiger charge is -2.29. The zero-order valence-electron chi connectivity index (χ0n) is 14.0. The third-order valence-electron chi connectivity index (χ3n) is 4.33. The first kappa shape index (κ1) is 15.7. The molecule has 2 heterocycles. The summed E-state index contributed by atoms with van der Waals surface area (Å²) in [6, 6.07) is 7.74. The lowest BCUT2D eigenvalue weighted by atomic mass is 10.1. The molecule has 0 saturated carbocycles. The fourth-order valence-electron chi connectivity index (χ4n) is 2.92. The quantitative estimate of drug-likeness (QED) is 0.936. The van der Waals surface area contributed by atoms with Crippen molar-refractivity contribution in [3.63, 3.8) is 0 Å². The molecule has 0 amide bonds. The average Bonchev–Trinajstić information content (AvgIpc) is 2.88. The topological polar surface area (TPSA) is 65.5 Å². The molecule has 2 N–H and O–H groups in total. The van der Waals surface area contributed by atoms with Crippen LogP contribution in [0, 0.1) is 0 Å². The Morgan fingerprint density at radius 2 is 1.96 bits per heavy atom. The summed E-state index contributed by atoms with van der Waals surface area (Å²) in [7, 11) is 5.62. The fraction of sp³-hybridized carbons (Fsp3) is 0.471. The van der Waals surface area contributed by atoms with E-state index in [-0.39, 0.29) is 6.10 Å². The molecule has 0 aliphatic carbocycles. The maximum atomic E-state index is 6.21. The second kappa shape index (κ2) is 6.50. The summed E-state index contributed by atoms with van der Waals surface area (Å²) in [5, 5.41) is 4.44. The molecule has 1 aliphatic heterocycles. The number of nitrogens with two attached hydrogens (primary N) is 1. The Morgan fingerprint density at radius 3 is 2.57 bits per heavy atom. The van der Waals surface area contributed by atoms with Crippen LogP contribution in [0.2, 0.25) is 0 Å². The van der Waals surface area contributed by atoms with Crippen molar-refractivity contribution >= 4 is 5.82 Å². The minimum absolute atomic E-state index is 0.226. The summed E-state index contributed by atoms with van der Waals surface area (Å²) in [4.78, 5) is 2.32. The van der Waals surface area contributed by atoms with Crippen LogP contribution in [-0.4, -0.2) is 48.0 Å². The number of hydrogen-bond acceptors (Lipinski definition) is 5. The summed E-state index contributed by atoms with van der Waals surface area (Å²) in [5.74, 6) is 2.09. The van der Waals surface area contributed by atoms with E-state index in [4.69, 9.17) is 15.2 Å². The first-order chi connectivity index (χ1) is 11.1. The van der Waals surface area contributed by atoms with Gasteiger partial charge in [0, 0.05) is 31.8 Å². The number of nitrogen functional groups attached to an aromatic ring is 1. The van der Waals surface area contributed by atoms with E-state index >= 15 is 0 Å². The van der Waals surface area contributed by atoms with Gasteiger partial charge in [-0.05, 0) is 32.0 Å². The Kier molecular flexibility index (Phi) is 4.43. The van der Waals surface area contributed by atoms with Crippen LogP contribution in [0.25, 0.3) is 11.3 Å². The Balaban J connectivity index is 1.88. The highest BCUT2D eigenvalue weighted by atomic mass is 16.5. The standard InChI is InChI=1S/C17H24N4O2/c1-20-9-7-12(8-10-20)23-15-6-4-5-13(17(15)22-3)14-11-16(18)21(2)19-14/h4-6,11-12H,7-10,18H2,1-3H3. The molecule has 1 aromatic heterocycles. The van der Waals surface area contributed by atoms with Gasteiger partial charge < -0.3 is 20.1 Å². The summed E-state index contributed by atoms with van der Waals surface area (Å²) in [5.41, 5.74) is 7.58. The number of likely N-dealkylation sites (tertiary alicyclic amines) is 1. The second-order valence-electron chi connectivity index (χ2n) is 6.04. The molecule has 0 atom stereocenters. The van der Waals surface area contributed by atoms with Crippen molar-refractivity contribution in [3.05, 3.63) is 24.3 Å². The number of aryl methyl sites for hydroxylation is 1. The molecule has 1 aliphatic rings. The van der Waals surface area contributed by atoms with Gasteiger partial charge in [-0.3, -0.25) is 4.68 Å². The van der Waals surface area contributed by atoms with E-state index in [1.165, 1.54) is 0 Å². The number of ether oxygens (including phenoxy) is 2. The van der Waals surface area contributed by atoms with E-state index in [9.17, 15) is 0 Å². The van der Waals surface area contributed by atoms with Crippen LogP contribution in [0.3, 0.4) is 0 Å². The van der Waals surface area contributed by atoms with Crippen molar-refractivity contribution in [1.82, 2.24) is 14.7 Å². The van der Waals surface area contributed by atoms with Gasteiger partial charge >= 0.3 is 0 Å². The predicted octanol–water partition coefficient (Wildman–Crippen LogP) is 2.15. The maximum Gasteiger partial charge on any atom is 0.170 e. The van der Waals surface area contributed by atoms with Crippen LogP contribution in [0.5, 0.6) is 11.5 Å². The lowest BCUT2D eigenvalue weighted by molar-refractivity contribution is 0.111. The molecule has 0 unspecified atom stereocenters. The van der Waals surface area contributed by atoms with Gasteiger partial charge in [-0.25, -0.2) is 0 Å². The summed E-state index contributed by atoms with van der Waals surface area (Å²) >= 11 is 0. The first-order valence-electron chi connectivity index (χ1n) is 7.90. The molecular weight excluding hydrogens is 292 g/mol. The van der Waals surface area contributed by atoms with Gasteiger partial charge in [-0.1, -0.05) is 6.07 Å². The van der Waals surface area contributed by atoms with Crippen molar-refractivity contribution in [2.24, 2.45) is 7.05 Å². The van der Waals surface area contributed by atoms with Crippen LogP contribution in [0.15, 0.2) is 24.3 Å². The highest BCUT2D eigenvalue weighted by Gasteiger charge is 2.21. The van der Waals surface area contributed by atoms with Crippen molar-refractivity contribution in [1.29, 1.82) is 0 Å². The number of nitrogens with zero attached hydrogens (tertiary/aromatic N) is 3. The van der Waals surface area contributed by atoms with Crippen LogP contribution in [0.4, 0.5) is 5.82 Å². The van der Waals surface area contributed by atoms with Crippen molar-refractivity contribution in [2.45, 2.75) is 18.9 Å². The molecule has 23 heavy (non-hydrogen) atoms. The molecule has 0 spiro atoms. The van der Waals surface area contributed by atoms with E-state index in [2.05, 4.69) is 17.0 Å². The van der Waals surface area contributed by atoms with Gasteiger partial charge in [0.05, 0.1) is 12.8 Å². The van der Waals surface area contributed by atoms with E-state index in [0.717, 1.165) is 42.9 Å². The third-order valence-corrected chi connectivity index (χ3v) is 4.33. The molecule has 1 fully saturated rings. The van der Waals surface area contributed by atoms with Gasteiger partial charge in [-0.2, -0.15) is 5.10 Å². The number of piperidine rings is 1. The third kappa shape index (κ3) is 3.27. The summed E-state index contributed by atoms with van der Waals surface area (Å²) in [6.45, 7) is 2.12. The van der Waals surface area contributed by atoms with Gasteiger partial charge in [-0.15, -0.1) is 0 Å². The number of methoxy groups -OCH3 is 1. The molecular formula is C17H24N4O2. The largest absolute Gasteiger partial charge is 0.492 e. The smallest absolute Gasteiger partial charge is 0.170 e. The summed E-state index contributed by atoms with van der Waals surface area (Å²) < 4.78 is 13.5. The minimum atomic E-state index is 0.226. The van der Waals surface area contributed by atoms with Crippen molar-refractivity contribution in [2.75, 3.05) is 33.0 Å². The number of hydrogen-bond donors (Lipinski definition) is 1. The number of para-hydroxylation sites is 1. The molecule has 2 aromatic rings. The number of anilines is 1. The molecule has 1 aromatic carbocycles. The number of rotatable bonds is 4. The van der Waals surface area contributed by atoms with Crippen molar-refractivity contribution in [3.8, 4) is 22.8 Å². The molecule has 0 bridgehead atoms. The molecule has 1 saturated heterocycles. The Bertz CT molecular complexity index is 656. The fourth-order valence-corrected chi connectivity index (χ4v) is 2.92. The van der Waals surface area contributed by atoms with Gasteiger partial charge in [0.25, 0.3) is 0 Å². The Labute approximate surface area is 136 Å². The molecule has 0 radical (unpaired) electrons. The van der Waals surface area contributed by atoms with Gasteiger partial charge in [0.1, 0.15) is 11.9 Å². The normalized spacial score (nSPS) is 16.5. The van der Waals surface area contributed by atoms with Crippen LogP contribution >= 0.6 is 0 Å². The first-order valence-corrected chi connectivity index (χ1v) is 7.90. The average molecular weight is 316 g/mol. The zero-order chi connectivity index (χ0) is 16.4. The second-order valence-corrected chi connectivity index (χ2v) is 6.04. The highest BCUT2D eigenvalue weighted by molar-refractivity contribution is 5.72. The van der Waals surface area contributed by atoms with Crippen LogP contribution in [-0.2, 0) is 7.05 Å². The monoisotopic (exact) mass is 316 g/mol. The van der Waals surface area contributed by atoms with Crippen LogP contribution in [0.1, 0.15) is 12.8 Å². The lowest BCUT2D eigenvalue weighted by Crippen LogP contribution is -2.35. The molecule has 6 heteroatoms. The zero-order valence-corrected chi connectivity index (χ0v) is 14.0. The van der Waals surface area contributed by atoms with Crippen molar-refractivity contribution < 1.29 is 9.47 Å². The minimum Gasteiger partial charge on any atom is -0.492 e. The van der Waals surface area contributed by atoms with E-state index in [1.807, 2.05) is 31.3 Å². The van der Waals surface area contributed by atoms with Gasteiger partial charge in [0.15, 0.2) is 11.5 Å². The molecule has 124 valence electrons. The van der Waals surface area contributed by atoms with Crippen LogP contribution < -0.4 is 15.2 Å². The Morgan fingerprint density at radius 1 is 1.22 bits per heavy atom. The summed E-state index contributed by atoms with van der Waals surface area (Å²) in [6.07, 6.45) is 2.28. The Hall–Kier alpha value is -2.21. The van der Waals surface area contributed by atoms with E-state index in [1.54, 1.807) is 11.8 Å². The predicted molar refractivity (Wildman–Crippen MR) is 90.8 cm³/mol. The number of aromatic nitrogens is 2. The SMILES string of the molecule is COc1c(OC2CCN(C)CC2)cccc1-c1cc(N)n(C)n1. The maximum absolute atomic E-state index is 6.21.